The van der Waals surface area contributed by atoms with Crippen molar-refractivity contribution in [1.29, 1.82) is 0 Å². The highest BCUT2D eigenvalue weighted by Crippen LogP contribution is 2.20. The van der Waals surface area contributed by atoms with Crippen molar-refractivity contribution in [2.24, 2.45) is 0 Å². The van der Waals surface area contributed by atoms with Crippen LogP contribution < -0.4 is 10.6 Å². The third-order valence-electron chi connectivity index (χ3n) is 2.93. The molecule has 0 aliphatic rings. The fourth-order valence-corrected chi connectivity index (χ4v) is 1.90. The first-order valence-electron chi connectivity index (χ1n) is 7.18. The molecule has 1 aromatic heterocycles. The lowest BCUT2D eigenvalue weighted by Crippen LogP contribution is -2.12. The lowest BCUT2D eigenvalue weighted by atomic mass is 10.2. The molecule has 3 N–H and O–H groups in total. The second-order valence-corrected chi connectivity index (χ2v) is 4.75. The van der Waals surface area contributed by atoms with Gasteiger partial charge >= 0.3 is 0 Å². The molecule has 0 aliphatic carbocycles. The summed E-state index contributed by atoms with van der Waals surface area (Å²) in [5.41, 5.74) is 1.13. The molecule has 0 saturated heterocycles. The second kappa shape index (κ2) is 8.69. The van der Waals surface area contributed by atoms with Crippen LogP contribution in [-0.2, 0) is 6.42 Å². The minimum absolute atomic E-state index is 0.236. The Hall–Kier alpha value is -1.36. The second-order valence-electron chi connectivity index (χ2n) is 4.75. The van der Waals surface area contributed by atoms with Crippen LogP contribution in [-0.4, -0.2) is 34.3 Å². The van der Waals surface area contributed by atoms with Crippen LogP contribution in [0.25, 0.3) is 0 Å². The Morgan fingerprint density at radius 3 is 2.32 bits per heavy atom. The summed E-state index contributed by atoms with van der Waals surface area (Å²) in [6, 6.07) is 0. The van der Waals surface area contributed by atoms with E-state index < -0.39 is 0 Å². The topological polar surface area (TPSA) is 70.1 Å². The van der Waals surface area contributed by atoms with Crippen molar-refractivity contribution in [3.05, 3.63) is 11.9 Å². The Morgan fingerprint density at radius 2 is 1.79 bits per heavy atom. The lowest BCUT2D eigenvalue weighted by Gasteiger charge is -2.14. The first kappa shape index (κ1) is 15.7. The van der Waals surface area contributed by atoms with Gasteiger partial charge in [0.15, 0.2) is 0 Å². The highest BCUT2D eigenvalue weighted by molar-refractivity contribution is 5.57. The van der Waals surface area contributed by atoms with Gasteiger partial charge in [-0.15, -0.1) is 0 Å². The Bertz CT molecular complexity index is 368. The maximum atomic E-state index is 9.23. The largest absolute Gasteiger partial charge is 0.393 e. The van der Waals surface area contributed by atoms with Gasteiger partial charge in [-0.1, -0.05) is 13.8 Å². The van der Waals surface area contributed by atoms with Crippen LogP contribution >= 0.6 is 0 Å². The zero-order valence-corrected chi connectivity index (χ0v) is 12.2. The molecule has 5 heteroatoms. The van der Waals surface area contributed by atoms with Crippen LogP contribution in [0.5, 0.6) is 0 Å². The van der Waals surface area contributed by atoms with Crippen molar-refractivity contribution in [3.63, 3.8) is 0 Å². The Kier molecular flexibility index (Phi) is 7.18. The Labute approximate surface area is 115 Å². The lowest BCUT2D eigenvalue weighted by molar-refractivity contribution is 0.183. The Balaban J connectivity index is 2.61. The van der Waals surface area contributed by atoms with Crippen LogP contribution in [0, 0.1) is 0 Å². The van der Waals surface area contributed by atoms with Crippen LogP contribution in [0.1, 0.15) is 45.6 Å². The zero-order chi connectivity index (χ0) is 14.1. The van der Waals surface area contributed by atoms with Gasteiger partial charge in [-0.05, 0) is 32.6 Å². The van der Waals surface area contributed by atoms with E-state index in [0.29, 0.717) is 0 Å². The molecule has 0 aliphatic heterocycles. The fraction of sp³-hybridized carbons (Fsp3) is 0.714. The average Bonchev–Trinajstić information content (AvgIpc) is 2.41. The smallest absolute Gasteiger partial charge is 0.134 e. The van der Waals surface area contributed by atoms with Crippen molar-refractivity contribution in [2.75, 3.05) is 23.7 Å². The number of aliphatic hydroxyl groups excluding tert-OH is 1. The van der Waals surface area contributed by atoms with Crippen LogP contribution in [0.4, 0.5) is 11.6 Å². The summed E-state index contributed by atoms with van der Waals surface area (Å²) < 4.78 is 0. The number of hydrogen-bond donors (Lipinski definition) is 3. The summed E-state index contributed by atoms with van der Waals surface area (Å²) in [4.78, 5) is 8.61. The molecule has 1 aromatic rings. The number of aromatic nitrogens is 2. The molecule has 0 amide bonds. The molecule has 0 spiro atoms. The summed E-state index contributed by atoms with van der Waals surface area (Å²) in [5, 5.41) is 15.9. The van der Waals surface area contributed by atoms with Gasteiger partial charge in [-0.25, -0.2) is 9.97 Å². The molecule has 1 unspecified atom stereocenters. The SMILES string of the molecule is CCCNc1ncnc(NCCCC(C)O)c1CC. The molecule has 19 heavy (non-hydrogen) atoms. The summed E-state index contributed by atoms with van der Waals surface area (Å²) in [7, 11) is 0. The third-order valence-corrected chi connectivity index (χ3v) is 2.93. The summed E-state index contributed by atoms with van der Waals surface area (Å²) in [6.45, 7) is 7.80. The molecule has 0 bridgehead atoms. The molecule has 5 nitrogen and oxygen atoms in total. The van der Waals surface area contributed by atoms with E-state index in [1.54, 1.807) is 6.33 Å². The number of nitrogens with one attached hydrogen (secondary N) is 2. The van der Waals surface area contributed by atoms with E-state index >= 15 is 0 Å². The van der Waals surface area contributed by atoms with Gasteiger partial charge in [0.05, 0.1) is 6.10 Å². The number of aliphatic hydroxyl groups is 1. The first-order chi connectivity index (χ1) is 9.19. The van der Waals surface area contributed by atoms with Gasteiger partial charge < -0.3 is 15.7 Å². The van der Waals surface area contributed by atoms with E-state index in [0.717, 1.165) is 56.0 Å². The first-order valence-corrected chi connectivity index (χ1v) is 7.18. The monoisotopic (exact) mass is 266 g/mol. The van der Waals surface area contributed by atoms with Gasteiger partial charge in [-0.2, -0.15) is 0 Å². The van der Waals surface area contributed by atoms with Crippen LogP contribution in [0.3, 0.4) is 0 Å². The summed E-state index contributed by atoms with van der Waals surface area (Å²) >= 11 is 0. The normalized spacial score (nSPS) is 12.2. The van der Waals surface area contributed by atoms with Crippen molar-refractivity contribution < 1.29 is 5.11 Å². The predicted octanol–water partition coefficient (Wildman–Crippen LogP) is 2.43. The highest BCUT2D eigenvalue weighted by Gasteiger charge is 2.08. The number of rotatable bonds is 9. The summed E-state index contributed by atoms with van der Waals surface area (Å²) in [5.74, 6) is 1.83. The number of nitrogens with zero attached hydrogens (tertiary/aromatic N) is 2. The van der Waals surface area contributed by atoms with E-state index in [-0.39, 0.29) is 6.10 Å². The molecule has 1 rings (SSSR count). The molecular formula is C14H26N4O. The van der Waals surface area contributed by atoms with Gasteiger partial charge in [0.25, 0.3) is 0 Å². The Morgan fingerprint density at radius 1 is 1.16 bits per heavy atom. The molecule has 0 saturated carbocycles. The highest BCUT2D eigenvalue weighted by atomic mass is 16.3. The quantitative estimate of drug-likeness (QED) is 0.599. The molecule has 1 atom stereocenters. The van der Waals surface area contributed by atoms with Crippen LogP contribution in [0.15, 0.2) is 6.33 Å². The van der Waals surface area contributed by atoms with Crippen molar-refractivity contribution in [1.82, 2.24) is 9.97 Å². The van der Waals surface area contributed by atoms with E-state index in [4.69, 9.17) is 0 Å². The molecule has 0 fully saturated rings. The van der Waals surface area contributed by atoms with Crippen molar-refractivity contribution >= 4 is 11.6 Å². The minimum Gasteiger partial charge on any atom is -0.393 e. The molecular weight excluding hydrogens is 240 g/mol. The maximum Gasteiger partial charge on any atom is 0.134 e. The van der Waals surface area contributed by atoms with E-state index in [9.17, 15) is 5.11 Å². The van der Waals surface area contributed by atoms with E-state index in [2.05, 4.69) is 34.4 Å². The molecule has 1 heterocycles. The van der Waals surface area contributed by atoms with E-state index in [1.165, 1.54) is 0 Å². The number of anilines is 2. The fourth-order valence-electron chi connectivity index (χ4n) is 1.90. The summed E-state index contributed by atoms with van der Waals surface area (Å²) in [6.07, 6.45) is 5.06. The van der Waals surface area contributed by atoms with Gasteiger partial charge in [0, 0.05) is 18.7 Å². The standard InChI is InChI=1S/C14H26N4O/c1-4-8-15-13-12(5-2)14(18-10-17-13)16-9-6-7-11(3)19/h10-11,19H,4-9H2,1-3H3,(H2,15,16,17,18). The van der Waals surface area contributed by atoms with Crippen LogP contribution in [0.2, 0.25) is 0 Å². The molecule has 0 radical (unpaired) electrons. The van der Waals surface area contributed by atoms with Gasteiger partial charge in [0.2, 0.25) is 0 Å². The predicted molar refractivity (Wildman–Crippen MR) is 79.6 cm³/mol. The molecule has 0 aromatic carbocycles. The minimum atomic E-state index is -0.236. The number of hydrogen-bond acceptors (Lipinski definition) is 5. The third kappa shape index (κ3) is 5.42. The van der Waals surface area contributed by atoms with Gasteiger partial charge in [0.1, 0.15) is 18.0 Å². The molecule has 108 valence electrons. The average molecular weight is 266 g/mol. The maximum absolute atomic E-state index is 9.23. The zero-order valence-electron chi connectivity index (χ0n) is 12.2. The van der Waals surface area contributed by atoms with E-state index in [1.807, 2.05) is 6.92 Å². The van der Waals surface area contributed by atoms with Crippen molar-refractivity contribution in [3.8, 4) is 0 Å². The van der Waals surface area contributed by atoms with Crippen molar-refractivity contribution in [2.45, 2.75) is 52.6 Å². The van der Waals surface area contributed by atoms with Gasteiger partial charge in [-0.3, -0.25) is 0 Å².